The number of aryl methyl sites for hydroxylation is 1. The maximum atomic E-state index is 13.8. The van der Waals surface area contributed by atoms with E-state index in [9.17, 15) is 19.1 Å². The molecule has 1 aliphatic heterocycles. The van der Waals surface area contributed by atoms with Crippen LogP contribution in [0.1, 0.15) is 17.5 Å². The molecule has 0 bridgehead atoms. The number of fused-ring (bicyclic) bond motifs is 2. The number of hydrogen-bond acceptors (Lipinski definition) is 4. The van der Waals surface area contributed by atoms with E-state index in [2.05, 4.69) is 20.6 Å². The highest BCUT2D eigenvalue weighted by molar-refractivity contribution is 6.02. The Balaban J connectivity index is 1.31. The summed E-state index contributed by atoms with van der Waals surface area (Å²) in [5.74, 6) is -0.250. The monoisotopic (exact) mass is 473 g/mol. The van der Waals surface area contributed by atoms with Gasteiger partial charge < -0.3 is 20.6 Å². The van der Waals surface area contributed by atoms with Crippen LogP contribution < -0.4 is 15.5 Å². The van der Waals surface area contributed by atoms with Crippen LogP contribution in [0.2, 0.25) is 0 Å². The Morgan fingerprint density at radius 3 is 2.71 bits per heavy atom. The van der Waals surface area contributed by atoms with E-state index in [1.54, 1.807) is 30.3 Å². The number of aromatic nitrogens is 2. The van der Waals surface area contributed by atoms with Crippen molar-refractivity contribution in [3.8, 4) is 0 Å². The molecule has 0 saturated heterocycles. The second-order valence-electron chi connectivity index (χ2n) is 8.49. The summed E-state index contributed by atoms with van der Waals surface area (Å²) in [6, 6.07) is 19.5. The Morgan fingerprint density at radius 1 is 1.09 bits per heavy atom. The molecule has 1 unspecified atom stereocenters. The molecule has 0 fully saturated rings. The maximum Gasteiger partial charge on any atom is 0.432 e. The van der Waals surface area contributed by atoms with Crippen molar-refractivity contribution in [2.45, 2.75) is 25.4 Å². The summed E-state index contributed by atoms with van der Waals surface area (Å²) < 4.78 is 14.7. The van der Waals surface area contributed by atoms with Crippen molar-refractivity contribution >= 4 is 34.4 Å². The zero-order chi connectivity index (χ0) is 24.4. The fourth-order valence-corrected chi connectivity index (χ4v) is 4.61. The third-order valence-corrected chi connectivity index (χ3v) is 6.28. The van der Waals surface area contributed by atoms with Crippen LogP contribution in [0.3, 0.4) is 0 Å². The maximum absolute atomic E-state index is 13.8. The van der Waals surface area contributed by atoms with Gasteiger partial charge in [-0.3, -0.25) is 0 Å². The summed E-state index contributed by atoms with van der Waals surface area (Å²) >= 11 is 0. The molecule has 9 heteroatoms. The van der Waals surface area contributed by atoms with Crippen molar-refractivity contribution in [2.24, 2.45) is 0 Å². The number of nitrogens with zero attached hydrogens (tertiary/aromatic N) is 3. The minimum absolute atomic E-state index is 0.0180. The first kappa shape index (κ1) is 22.4. The van der Waals surface area contributed by atoms with Crippen LogP contribution in [-0.4, -0.2) is 39.6 Å². The highest BCUT2D eigenvalue weighted by Gasteiger charge is 2.27. The predicted molar refractivity (Wildman–Crippen MR) is 131 cm³/mol. The van der Waals surface area contributed by atoms with Crippen LogP contribution in [-0.2, 0) is 13.0 Å². The van der Waals surface area contributed by atoms with E-state index in [4.69, 9.17) is 0 Å². The van der Waals surface area contributed by atoms with Crippen molar-refractivity contribution in [2.75, 3.05) is 16.8 Å². The van der Waals surface area contributed by atoms with Gasteiger partial charge in [0.2, 0.25) is 0 Å². The van der Waals surface area contributed by atoms with E-state index in [-0.39, 0.29) is 11.9 Å². The molecule has 1 atom stereocenters. The fourth-order valence-electron chi connectivity index (χ4n) is 4.61. The first-order valence-corrected chi connectivity index (χ1v) is 11.3. The lowest BCUT2D eigenvalue weighted by molar-refractivity contribution is 0.194. The summed E-state index contributed by atoms with van der Waals surface area (Å²) in [5.41, 5.74) is 3.92. The van der Waals surface area contributed by atoms with Crippen LogP contribution in [0.15, 0.2) is 72.9 Å². The predicted octanol–water partition coefficient (Wildman–Crippen LogP) is 4.84. The number of hydrogen-bond donors (Lipinski definition) is 3. The number of carboxylic acid groups (broad SMARTS) is 1. The lowest BCUT2D eigenvalue weighted by Gasteiger charge is -2.39. The smallest absolute Gasteiger partial charge is 0.432 e. The number of anilines is 2. The van der Waals surface area contributed by atoms with Gasteiger partial charge in [0, 0.05) is 30.2 Å². The highest BCUT2D eigenvalue weighted by atomic mass is 19.1. The Hall–Kier alpha value is -4.40. The Bertz CT molecular complexity index is 1390. The molecule has 178 valence electrons. The zero-order valence-corrected chi connectivity index (χ0v) is 18.8. The van der Waals surface area contributed by atoms with E-state index in [0.717, 1.165) is 34.3 Å². The molecule has 4 aromatic rings. The topological polar surface area (TPSA) is 99.5 Å². The average molecular weight is 474 g/mol. The average Bonchev–Trinajstić information content (AvgIpc) is 3.30. The molecule has 1 aliphatic rings. The molecule has 3 N–H and O–H groups in total. The van der Waals surface area contributed by atoms with Crippen molar-refractivity contribution in [3.05, 3.63) is 89.9 Å². The largest absolute Gasteiger partial charge is 0.463 e. The quantitative estimate of drug-likeness (QED) is 0.385. The van der Waals surface area contributed by atoms with Crippen LogP contribution in [0.4, 0.5) is 25.4 Å². The van der Waals surface area contributed by atoms with E-state index in [0.29, 0.717) is 29.7 Å². The molecule has 35 heavy (non-hydrogen) atoms. The SMILES string of the molecule is O=C(NCC1CCc2cc(F)ccc2N1Cc1ccccc1)Nc1cccc2c1cnn2C(=O)O. The van der Waals surface area contributed by atoms with Crippen LogP contribution >= 0.6 is 0 Å². The molecule has 0 radical (unpaired) electrons. The number of carbonyl (C=O) groups is 2. The highest BCUT2D eigenvalue weighted by Crippen LogP contribution is 2.32. The lowest BCUT2D eigenvalue weighted by atomic mass is 9.94. The van der Waals surface area contributed by atoms with Gasteiger partial charge in [-0.1, -0.05) is 36.4 Å². The minimum Gasteiger partial charge on any atom is -0.463 e. The molecule has 5 rings (SSSR count). The molecule has 1 aromatic heterocycles. The molecule has 2 amide bonds. The molecule has 0 saturated carbocycles. The van der Waals surface area contributed by atoms with Crippen LogP contribution in [0, 0.1) is 5.82 Å². The summed E-state index contributed by atoms with van der Waals surface area (Å²) in [5, 5.41) is 19.4. The Morgan fingerprint density at radius 2 is 1.91 bits per heavy atom. The lowest BCUT2D eigenvalue weighted by Crippen LogP contribution is -2.47. The second kappa shape index (κ2) is 9.46. The van der Waals surface area contributed by atoms with Gasteiger partial charge in [0.1, 0.15) is 5.82 Å². The Labute approximate surface area is 201 Å². The number of urea groups is 1. The van der Waals surface area contributed by atoms with Crippen molar-refractivity contribution < 1.29 is 19.1 Å². The van der Waals surface area contributed by atoms with Gasteiger partial charge in [-0.2, -0.15) is 9.78 Å². The van der Waals surface area contributed by atoms with Crippen molar-refractivity contribution in [1.29, 1.82) is 0 Å². The fraction of sp³-hybridized carbons (Fsp3) is 0.192. The number of benzene rings is 3. The molecule has 2 heterocycles. The summed E-state index contributed by atoms with van der Waals surface area (Å²) in [7, 11) is 0. The van der Waals surface area contributed by atoms with Gasteiger partial charge in [0.15, 0.2) is 0 Å². The van der Waals surface area contributed by atoms with Crippen molar-refractivity contribution in [3.63, 3.8) is 0 Å². The first-order valence-electron chi connectivity index (χ1n) is 11.3. The van der Waals surface area contributed by atoms with E-state index < -0.39 is 12.1 Å². The summed E-state index contributed by atoms with van der Waals surface area (Å²) in [4.78, 5) is 26.3. The van der Waals surface area contributed by atoms with Gasteiger partial charge in [-0.15, -0.1) is 0 Å². The van der Waals surface area contributed by atoms with Gasteiger partial charge in [-0.25, -0.2) is 14.0 Å². The Kier molecular flexibility index (Phi) is 6.05. The number of amides is 2. The molecule has 3 aromatic carbocycles. The molecular weight excluding hydrogens is 449 g/mol. The van der Waals surface area contributed by atoms with Gasteiger partial charge >= 0.3 is 12.1 Å². The standard InChI is InChI=1S/C26H24FN5O3/c27-19-10-12-23-18(13-19)9-11-20(31(23)16-17-5-2-1-3-6-17)14-28-25(33)30-22-7-4-8-24-21(22)15-29-32(24)26(34)35/h1-8,10,12-13,15,20H,9,11,14,16H2,(H,34,35)(H2,28,30,33). The molecular formula is C26H24FN5O3. The number of halogens is 1. The number of nitrogens with one attached hydrogen (secondary N) is 2. The van der Waals surface area contributed by atoms with Crippen LogP contribution in [0.25, 0.3) is 10.9 Å². The van der Waals surface area contributed by atoms with Crippen molar-refractivity contribution in [1.82, 2.24) is 15.1 Å². The number of carbonyl (C=O) groups excluding carboxylic acids is 1. The first-order chi connectivity index (χ1) is 17.0. The normalized spacial score (nSPS) is 15.0. The van der Waals surface area contributed by atoms with Gasteiger partial charge in [-0.05, 0) is 54.3 Å². The van der Waals surface area contributed by atoms with Gasteiger partial charge in [0.05, 0.1) is 17.4 Å². The van der Waals surface area contributed by atoms with E-state index in [1.165, 1.54) is 12.3 Å². The van der Waals surface area contributed by atoms with Gasteiger partial charge in [0.25, 0.3) is 0 Å². The van der Waals surface area contributed by atoms with E-state index in [1.807, 2.05) is 30.3 Å². The molecule has 0 spiro atoms. The minimum atomic E-state index is -1.20. The third-order valence-electron chi connectivity index (χ3n) is 6.28. The third kappa shape index (κ3) is 4.65. The number of rotatable bonds is 5. The summed E-state index contributed by atoms with van der Waals surface area (Å²) in [6.07, 6.45) is 1.71. The van der Waals surface area contributed by atoms with E-state index >= 15 is 0 Å². The zero-order valence-electron chi connectivity index (χ0n) is 18.8. The second-order valence-corrected chi connectivity index (χ2v) is 8.49. The molecule has 8 nitrogen and oxygen atoms in total. The summed E-state index contributed by atoms with van der Waals surface area (Å²) in [6.45, 7) is 1.03. The van der Waals surface area contributed by atoms with Crippen LogP contribution in [0.5, 0.6) is 0 Å². The molecule has 0 aliphatic carbocycles.